The van der Waals surface area contributed by atoms with Gasteiger partial charge in [0.05, 0.1) is 11.4 Å². The van der Waals surface area contributed by atoms with E-state index in [1.54, 1.807) is 0 Å². The van der Waals surface area contributed by atoms with Gasteiger partial charge in [0, 0.05) is 32.2 Å². The van der Waals surface area contributed by atoms with Crippen LogP contribution in [0.1, 0.15) is 18.1 Å². The van der Waals surface area contributed by atoms with Gasteiger partial charge in [-0.15, -0.1) is 0 Å². The molecule has 28 heavy (non-hydrogen) atoms. The average Bonchev–Trinajstić information content (AvgIpc) is 2.69. The van der Waals surface area contributed by atoms with Gasteiger partial charge in [-0.25, -0.2) is 0 Å². The van der Waals surface area contributed by atoms with Crippen LogP contribution in [0.3, 0.4) is 0 Å². The second-order valence-corrected chi connectivity index (χ2v) is 7.84. The third-order valence-electron chi connectivity index (χ3n) is 5.29. The Balaban J connectivity index is 1.37. The van der Waals surface area contributed by atoms with Crippen molar-refractivity contribution in [3.05, 3.63) is 58.6 Å². The van der Waals surface area contributed by atoms with Gasteiger partial charge in [0.1, 0.15) is 13.2 Å². The fourth-order valence-electron chi connectivity index (χ4n) is 3.93. The maximum Gasteiger partial charge on any atom is 0.227 e. The van der Waals surface area contributed by atoms with Crippen molar-refractivity contribution >= 4 is 17.5 Å². The van der Waals surface area contributed by atoms with Crippen molar-refractivity contribution in [1.82, 2.24) is 9.80 Å². The van der Waals surface area contributed by atoms with E-state index in [4.69, 9.17) is 21.1 Å². The van der Waals surface area contributed by atoms with Crippen LogP contribution in [0, 0.1) is 0 Å². The number of amides is 1. The Labute approximate surface area is 170 Å². The van der Waals surface area contributed by atoms with Gasteiger partial charge in [-0.1, -0.05) is 41.9 Å². The minimum atomic E-state index is 0.125. The molecule has 148 valence electrons. The van der Waals surface area contributed by atoms with Crippen molar-refractivity contribution in [2.75, 3.05) is 32.8 Å². The highest BCUT2D eigenvalue weighted by atomic mass is 35.5. The van der Waals surface area contributed by atoms with Crippen molar-refractivity contribution in [3.63, 3.8) is 0 Å². The molecule has 5 nitrogen and oxygen atoms in total. The topological polar surface area (TPSA) is 42.0 Å². The average molecular weight is 401 g/mol. The fraction of sp³-hybridized carbons (Fsp3) is 0.409. The summed E-state index contributed by atoms with van der Waals surface area (Å²) in [4.78, 5) is 17.3. The lowest BCUT2D eigenvalue weighted by Gasteiger charge is -2.40. The van der Waals surface area contributed by atoms with Crippen LogP contribution in [-0.2, 0) is 17.8 Å². The van der Waals surface area contributed by atoms with E-state index in [1.807, 2.05) is 23.1 Å². The number of nitrogens with zero attached hydrogens (tertiary/aromatic N) is 2. The van der Waals surface area contributed by atoms with E-state index in [0.29, 0.717) is 36.2 Å². The van der Waals surface area contributed by atoms with Crippen molar-refractivity contribution in [2.24, 2.45) is 0 Å². The summed E-state index contributed by atoms with van der Waals surface area (Å²) in [6.45, 7) is 6.54. The molecule has 1 unspecified atom stereocenters. The Morgan fingerprint density at radius 3 is 2.68 bits per heavy atom. The van der Waals surface area contributed by atoms with Crippen LogP contribution in [0.2, 0.25) is 5.02 Å². The largest absolute Gasteiger partial charge is 0.486 e. The quantitative estimate of drug-likeness (QED) is 0.789. The number of piperazine rings is 1. The van der Waals surface area contributed by atoms with Crippen LogP contribution in [0.4, 0.5) is 0 Å². The van der Waals surface area contributed by atoms with Crippen LogP contribution in [-0.4, -0.2) is 54.6 Å². The molecule has 0 saturated carbocycles. The van der Waals surface area contributed by atoms with Crippen molar-refractivity contribution in [2.45, 2.75) is 25.9 Å². The number of hydrogen-bond donors (Lipinski definition) is 0. The molecule has 2 aliphatic heterocycles. The molecule has 1 amide bonds. The van der Waals surface area contributed by atoms with Gasteiger partial charge < -0.3 is 14.4 Å². The van der Waals surface area contributed by atoms with Crippen LogP contribution in [0.5, 0.6) is 11.5 Å². The Bertz CT molecular complexity index is 843. The minimum Gasteiger partial charge on any atom is -0.486 e. The summed E-state index contributed by atoms with van der Waals surface area (Å²) in [5.74, 6) is 1.33. The highest BCUT2D eigenvalue weighted by molar-refractivity contribution is 6.32. The number of carbonyl (C=O) groups excluding carboxylic acids is 1. The molecular weight excluding hydrogens is 376 g/mol. The molecule has 1 atom stereocenters. The van der Waals surface area contributed by atoms with Crippen molar-refractivity contribution in [3.8, 4) is 11.5 Å². The second kappa shape index (κ2) is 8.41. The van der Waals surface area contributed by atoms with E-state index in [2.05, 4.69) is 36.1 Å². The molecule has 4 rings (SSSR count). The summed E-state index contributed by atoms with van der Waals surface area (Å²) in [5.41, 5.74) is 2.17. The van der Waals surface area contributed by atoms with Gasteiger partial charge in [-0.3, -0.25) is 9.69 Å². The Kier molecular flexibility index (Phi) is 5.74. The predicted molar refractivity (Wildman–Crippen MR) is 109 cm³/mol. The van der Waals surface area contributed by atoms with Crippen LogP contribution in [0.25, 0.3) is 0 Å². The highest BCUT2D eigenvalue weighted by Gasteiger charge is 2.28. The summed E-state index contributed by atoms with van der Waals surface area (Å²) in [6.07, 6.45) is 0.319. The normalized spacial score (nSPS) is 19.5. The second-order valence-electron chi connectivity index (χ2n) is 7.44. The molecule has 6 heteroatoms. The van der Waals surface area contributed by atoms with Gasteiger partial charge in [-0.05, 0) is 30.2 Å². The lowest BCUT2D eigenvalue weighted by Crippen LogP contribution is -2.54. The van der Waals surface area contributed by atoms with Crippen molar-refractivity contribution in [1.29, 1.82) is 0 Å². The maximum atomic E-state index is 12.9. The highest BCUT2D eigenvalue weighted by Crippen LogP contribution is 2.38. The number of fused-ring (bicyclic) bond motifs is 1. The molecule has 2 aliphatic rings. The molecule has 0 aromatic heterocycles. The third-order valence-corrected chi connectivity index (χ3v) is 5.57. The molecule has 1 saturated heterocycles. The Morgan fingerprint density at radius 2 is 1.89 bits per heavy atom. The zero-order valence-corrected chi connectivity index (χ0v) is 16.8. The van der Waals surface area contributed by atoms with E-state index in [-0.39, 0.29) is 11.9 Å². The SMILES string of the molecule is CC1CN(Cc2ccccc2)CCN1C(=O)Cc1cc(Cl)c2c(c1)OCCO2. The number of rotatable bonds is 4. The van der Waals surface area contributed by atoms with Gasteiger partial charge in [-0.2, -0.15) is 0 Å². The van der Waals surface area contributed by atoms with E-state index in [0.717, 1.165) is 31.7 Å². The summed E-state index contributed by atoms with van der Waals surface area (Å²) in [6, 6.07) is 14.3. The van der Waals surface area contributed by atoms with E-state index in [1.165, 1.54) is 5.56 Å². The Morgan fingerprint density at radius 1 is 1.11 bits per heavy atom. The maximum absolute atomic E-state index is 12.9. The first-order valence-corrected chi connectivity index (χ1v) is 10.1. The third kappa shape index (κ3) is 4.26. The first-order valence-electron chi connectivity index (χ1n) is 9.74. The molecule has 0 radical (unpaired) electrons. The van der Waals surface area contributed by atoms with Gasteiger partial charge in [0.25, 0.3) is 0 Å². The smallest absolute Gasteiger partial charge is 0.227 e. The number of halogens is 1. The number of carbonyl (C=O) groups is 1. The molecule has 2 aromatic rings. The standard InChI is InChI=1S/C22H25ClN2O3/c1-16-14-24(15-17-5-3-2-4-6-17)7-8-25(16)21(26)13-18-11-19(23)22-20(12-18)27-9-10-28-22/h2-6,11-12,16H,7-10,13-15H2,1H3. The lowest BCUT2D eigenvalue weighted by atomic mass is 10.1. The van der Waals surface area contributed by atoms with Crippen LogP contribution >= 0.6 is 11.6 Å². The summed E-state index contributed by atoms with van der Waals surface area (Å²) in [7, 11) is 0. The molecule has 0 bridgehead atoms. The molecule has 0 N–H and O–H groups in total. The first kappa shape index (κ1) is 19.1. The summed E-state index contributed by atoms with van der Waals surface area (Å²) < 4.78 is 11.2. The molecule has 2 aromatic carbocycles. The van der Waals surface area contributed by atoms with Gasteiger partial charge in [0.2, 0.25) is 5.91 Å². The lowest BCUT2D eigenvalue weighted by molar-refractivity contribution is -0.135. The van der Waals surface area contributed by atoms with Crippen LogP contribution < -0.4 is 9.47 Å². The monoisotopic (exact) mass is 400 g/mol. The van der Waals surface area contributed by atoms with E-state index < -0.39 is 0 Å². The van der Waals surface area contributed by atoms with E-state index in [9.17, 15) is 4.79 Å². The number of hydrogen-bond acceptors (Lipinski definition) is 4. The Hall–Kier alpha value is -2.24. The first-order chi connectivity index (χ1) is 13.6. The minimum absolute atomic E-state index is 0.125. The van der Waals surface area contributed by atoms with Crippen molar-refractivity contribution < 1.29 is 14.3 Å². The molecule has 1 fully saturated rings. The molecule has 0 spiro atoms. The fourth-order valence-corrected chi connectivity index (χ4v) is 4.22. The molecular formula is C22H25ClN2O3. The summed E-state index contributed by atoms with van der Waals surface area (Å²) in [5, 5.41) is 0.501. The van der Waals surface area contributed by atoms with Gasteiger partial charge in [0.15, 0.2) is 11.5 Å². The van der Waals surface area contributed by atoms with Gasteiger partial charge >= 0.3 is 0 Å². The van der Waals surface area contributed by atoms with E-state index >= 15 is 0 Å². The van der Waals surface area contributed by atoms with Crippen LogP contribution in [0.15, 0.2) is 42.5 Å². The number of benzene rings is 2. The predicted octanol–water partition coefficient (Wildman–Crippen LogP) is 3.39. The number of ether oxygens (including phenoxy) is 2. The summed E-state index contributed by atoms with van der Waals surface area (Å²) >= 11 is 6.30. The zero-order chi connectivity index (χ0) is 19.5. The zero-order valence-electron chi connectivity index (χ0n) is 16.1. The molecule has 2 heterocycles. The molecule has 0 aliphatic carbocycles.